The molecule has 0 amide bonds. The molecule has 25 heavy (non-hydrogen) atoms. The highest BCUT2D eigenvalue weighted by atomic mass is 19.4. The van der Waals surface area contributed by atoms with Gasteiger partial charge in [-0.2, -0.15) is 13.2 Å². The van der Waals surface area contributed by atoms with Crippen molar-refractivity contribution in [2.45, 2.75) is 12.8 Å². The molecule has 7 heteroatoms. The van der Waals surface area contributed by atoms with Crippen LogP contribution < -0.4 is 4.74 Å². The van der Waals surface area contributed by atoms with Gasteiger partial charge in [0, 0.05) is 11.6 Å². The number of hydrogen-bond acceptors (Lipinski definition) is 4. The van der Waals surface area contributed by atoms with Crippen LogP contribution in [-0.2, 0) is 22.3 Å². The summed E-state index contributed by atoms with van der Waals surface area (Å²) in [5.74, 6) is -0.607. The summed E-state index contributed by atoms with van der Waals surface area (Å²) in [4.78, 5) is 11.7. The number of phenols is 1. The molecule has 0 heterocycles. The summed E-state index contributed by atoms with van der Waals surface area (Å²) in [6, 6.07) is 9.33. The number of benzene rings is 2. The van der Waals surface area contributed by atoms with Crippen molar-refractivity contribution in [2.75, 3.05) is 7.11 Å². The molecule has 0 saturated heterocycles. The van der Waals surface area contributed by atoms with E-state index in [1.807, 2.05) is 0 Å². The molecule has 0 aliphatic heterocycles. The number of aromatic hydroxyl groups is 1. The Morgan fingerprint density at radius 1 is 1.20 bits per heavy atom. The molecule has 0 unspecified atom stereocenters. The summed E-state index contributed by atoms with van der Waals surface area (Å²) < 4.78 is 48.4. The molecule has 0 atom stereocenters. The van der Waals surface area contributed by atoms with Crippen LogP contribution in [0.5, 0.6) is 11.5 Å². The lowest BCUT2D eigenvalue weighted by atomic mass is 10.1. The van der Waals surface area contributed by atoms with Crippen LogP contribution in [0.25, 0.3) is 6.08 Å². The topological polar surface area (TPSA) is 55.8 Å². The fourth-order valence-corrected chi connectivity index (χ4v) is 2.08. The van der Waals surface area contributed by atoms with E-state index < -0.39 is 24.3 Å². The Labute approximate surface area is 142 Å². The molecule has 4 nitrogen and oxygen atoms in total. The Morgan fingerprint density at radius 3 is 2.60 bits per heavy atom. The standard InChI is InChI=1S/C18H15F3O4/c1-24-16-10-12(6-8-15(16)22)7-9-17(23)25-11-13-4-2-3-5-14(13)18(19,20)21/h2-10,22H,11H2,1H3/b9-7+. The summed E-state index contributed by atoms with van der Waals surface area (Å²) >= 11 is 0. The van der Waals surface area contributed by atoms with E-state index in [2.05, 4.69) is 0 Å². The summed E-state index contributed by atoms with van der Waals surface area (Å²) in [6.07, 6.45) is -2.02. The summed E-state index contributed by atoms with van der Waals surface area (Å²) in [6.45, 7) is -0.488. The molecule has 0 aliphatic carbocycles. The number of rotatable bonds is 5. The van der Waals surface area contributed by atoms with Crippen molar-refractivity contribution in [3.8, 4) is 11.5 Å². The molecular formula is C18H15F3O4. The first-order chi connectivity index (χ1) is 11.8. The van der Waals surface area contributed by atoms with Crippen LogP contribution in [0.3, 0.4) is 0 Å². The van der Waals surface area contributed by atoms with E-state index in [1.165, 1.54) is 43.5 Å². The lowest BCUT2D eigenvalue weighted by molar-refractivity contribution is -0.143. The molecule has 0 saturated carbocycles. The third kappa shape index (κ3) is 5.00. The van der Waals surface area contributed by atoms with Crippen LogP contribution in [0.1, 0.15) is 16.7 Å². The van der Waals surface area contributed by atoms with E-state index in [-0.39, 0.29) is 17.1 Å². The highest BCUT2D eigenvalue weighted by molar-refractivity contribution is 5.87. The molecule has 2 rings (SSSR count). The van der Waals surface area contributed by atoms with E-state index >= 15 is 0 Å². The summed E-state index contributed by atoms with van der Waals surface area (Å²) in [7, 11) is 1.38. The van der Waals surface area contributed by atoms with Gasteiger partial charge in [0.05, 0.1) is 12.7 Å². The van der Waals surface area contributed by atoms with Crippen molar-refractivity contribution in [1.82, 2.24) is 0 Å². The number of halogens is 3. The minimum Gasteiger partial charge on any atom is -0.504 e. The zero-order valence-corrected chi connectivity index (χ0v) is 13.2. The van der Waals surface area contributed by atoms with E-state index in [1.54, 1.807) is 6.07 Å². The van der Waals surface area contributed by atoms with Crippen molar-refractivity contribution < 1.29 is 32.5 Å². The Hall–Kier alpha value is -2.96. The first-order valence-electron chi connectivity index (χ1n) is 7.18. The Morgan fingerprint density at radius 2 is 1.92 bits per heavy atom. The van der Waals surface area contributed by atoms with Gasteiger partial charge in [-0.25, -0.2) is 4.79 Å². The van der Waals surface area contributed by atoms with Crippen LogP contribution >= 0.6 is 0 Å². The molecule has 0 aliphatic rings. The van der Waals surface area contributed by atoms with E-state index in [9.17, 15) is 23.1 Å². The normalized spacial score (nSPS) is 11.5. The van der Waals surface area contributed by atoms with Gasteiger partial charge in [0.25, 0.3) is 0 Å². The van der Waals surface area contributed by atoms with Crippen LogP contribution in [-0.4, -0.2) is 18.2 Å². The van der Waals surface area contributed by atoms with E-state index in [0.29, 0.717) is 5.56 Å². The van der Waals surface area contributed by atoms with Crippen molar-refractivity contribution in [3.05, 3.63) is 65.2 Å². The van der Waals surface area contributed by atoms with Gasteiger partial charge in [-0.1, -0.05) is 24.3 Å². The number of ether oxygens (including phenoxy) is 2. The first-order valence-corrected chi connectivity index (χ1v) is 7.18. The first kappa shape index (κ1) is 18.4. The van der Waals surface area contributed by atoms with E-state index in [4.69, 9.17) is 9.47 Å². The smallest absolute Gasteiger partial charge is 0.416 e. The lowest BCUT2D eigenvalue weighted by Gasteiger charge is -2.12. The highest BCUT2D eigenvalue weighted by Gasteiger charge is 2.33. The van der Waals surface area contributed by atoms with Gasteiger partial charge in [-0.3, -0.25) is 0 Å². The quantitative estimate of drug-likeness (QED) is 0.648. The van der Waals surface area contributed by atoms with Gasteiger partial charge in [-0.15, -0.1) is 0 Å². The molecule has 0 radical (unpaired) electrons. The van der Waals surface area contributed by atoms with Crippen LogP contribution in [0.15, 0.2) is 48.5 Å². The van der Waals surface area contributed by atoms with Crippen LogP contribution in [0.4, 0.5) is 13.2 Å². The molecule has 0 bridgehead atoms. The van der Waals surface area contributed by atoms with Crippen LogP contribution in [0, 0.1) is 0 Å². The van der Waals surface area contributed by atoms with Crippen molar-refractivity contribution in [2.24, 2.45) is 0 Å². The van der Waals surface area contributed by atoms with Gasteiger partial charge < -0.3 is 14.6 Å². The monoisotopic (exact) mass is 352 g/mol. The van der Waals surface area contributed by atoms with Gasteiger partial charge in [0.2, 0.25) is 0 Å². The fourth-order valence-electron chi connectivity index (χ4n) is 2.08. The van der Waals surface area contributed by atoms with Crippen molar-refractivity contribution >= 4 is 12.0 Å². The number of phenolic OH excluding ortho intramolecular Hbond substituents is 1. The molecule has 132 valence electrons. The average Bonchev–Trinajstić information content (AvgIpc) is 2.58. The number of carbonyl (C=O) groups is 1. The predicted octanol–water partition coefficient (Wildman–Crippen LogP) is 4.18. The van der Waals surface area contributed by atoms with Gasteiger partial charge in [0.1, 0.15) is 6.61 Å². The van der Waals surface area contributed by atoms with Gasteiger partial charge in [-0.05, 0) is 29.8 Å². The highest BCUT2D eigenvalue weighted by Crippen LogP contribution is 2.32. The number of hydrogen-bond donors (Lipinski definition) is 1. The fraction of sp³-hybridized carbons (Fsp3) is 0.167. The Kier molecular flexibility index (Phi) is 5.69. The second-order valence-electron chi connectivity index (χ2n) is 5.03. The molecular weight excluding hydrogens is 337 g/mol. The molecule has 2 aromatic carbocycles. The largest absolute Gasteiger partial charge is 0.504 e. The van der Waals surface area contributed by atoms with Gasteiger partial charge >= 0.3 is 12.1 Å². The zero-order valence-electron chi connectivity index (χ0n) is 13.2. The third-order valence-corrected chi connectivity index (χ3v) is 3.31. The zero-order chi connectivity index (χ0) is 18.4. The van der Waals surface area contributed by atoms with Gasteiger partial charge in [0.15, 0.2) is 11.5 Å². The van der Waals surface area contributed by atoms with Crippen molar-refractivity contribution in [3.63, 3.8) is 0 Å². The lowest BCUT2D eigenvalue weighted by Crippen LogP contribution is -2.11. The second-order valence-corrected chi connectivity index (χ2v) is 5.03. The predicted molar refractivity (Wildman–Crippen MR) is 84.9 cm³/mol. The Balaban J connectivity index is 2.02. The molecule has 0 aromatic heterocycles. The number of carbonyl (C=O) groups excluding carboxylic acids is 1. The number of esters is 1. The Bertz CT molecular complexity index is 782. The summed E-state index contributed by atoms with van der Waals surface area (Å²) in [5, 5.41) is 9.48. The maximum absolute atomic E-state index is 12.9. The number of methoxy groups -OCH3 is 1. The van der Waals surface area contributed by atoms with Crippen molar-refractivity contribution in [1.29, 1.82) is 0 Å². The third-order valence-electron chi connectivity index (χ3n) is 3.31. The second kappa shape index (κ2) is 7.74. The van der Waals surface area contributed by atoms with E-state index in [0.717, 1.165) is 12.1 Å². The molecule has 0 spiro atoms. The molecule has 1 N–H and O–H groups in total. The average molecular weight is 352 g/mol. The molecule has 2 aromatic rings. The summed E-state index contributed by atoms with van der Waals surface area (Å²) in [5.41, 5.74) is -0.402. The SMILES string of the molecule is COc1cc(/C=C/C(=O)OCc2ccccc2C(F)(F)F)ccc1O. The maximum Gasteiger partial charge on any atom is 0.416 e. The molecule has 0 fully saturated rings. The number of alkyl halides is 3. The minimum atomic E-state index is -4.51. The maximum atomic E-state index is 12.9. The van der Waals surface area contributed by atoms with Crippen LogP contribution in [0.2, 0.25) is 0 Å². The minimum absolute atomic E-state index is 0.0500.